The fourth-order valence-electron chi connectivity index (χ4n) is 7.81. The third kappa shape index (κ3) is 5.58. The lowest BCUT2D eigenvalue weighted by molar-refractivity contribution is 1.15. The van der Waals surface area contributed by atoms with Crippen LogP contribution in [0.5, 0.6) is 0 Å². The summed E-state index contributed by atoms with van der Waals surface area (Å²) in [5.41, 5.74) is 16.5. The summed E-state index contributed by atoms with van der Waals surface area (Å²) in [6, 6.07) is 48.4. The predicted molar refractivity (Wildman–Crippen MR) is 217 cm³/mol. The summed E-state index contributed by atoms with van der Waals surface area (Å²) in [5.74, 6) is 0. The monoisotopic (exact) mass is 651 g/mol. The molecule has 0 radical (unpaired) electrons. The topological polar surface area (TPSA) is 12.9 Å². The highest BCUT2D eigenvalue weighted by atomic mass is 14.7. The minimum absolute atomic E-state index is 0.815. The summed E-state index contributed by atoms with van der Waals surface area (Å²) in [4.78, 5) is 5.09. The van der Waals surface area contributed by atoms with Crippen molar-refractivity contribution in [1.29, 1.82) is 0 Å². The molecule has 1 nitrogen and oxygen atoms in total. The van der Waals surface area contributed by atoms with E-state index in [-0.39, 0.29) is 0 Å². The lowest BCUT2D eigenvalue weighted by Crippen LogP contribution is -2.04. The second-order valence-corrected chi connectivity index (χ2v) is 13.5. The number of benzene rings is 6. The lowest BCUT2D eigenvalue weighted by Gasteiger charge is -2.20. The molecule has 0 fully saturated rings. The van der Waals surface area contributed by atoms with Gasteiger partial charge in [0.1, 0.15) is 0 Å². The summed E-state index contributed by atoms with van der Waals surface area (Å²) in [7, 11) is 0. The molecule has 51 heavy (non-hydrogen) atoms. The van der Waals surface area contributed by atoms with Gasteiger partial charge in [-0.2, -0.15) is 0 Å². The van der Waals surface area contributed by atoms with Crippen LogP contribution in [-0.2, 0) is 12.8 Å². The molecule has 1 heteroatoms. The van der Waals surface area contributed by atoms with E-state index in [1.165, 1.54) is 66.2 Å². The summed E-state index contributed by atoms with van der Waals surface area (Å²) in [6.45, 7) is 7.00. The van der Waals surface area contributed by atoms with Gasteiger partial charge in [-0.1, -0.05) is 159 Å². The fourth-order valence-corrected chi connectivity index (χ4v) is 7.81. The first-order valence-electron chi connectivity index (χ1n) is 17.8. The van der Waals surface area contributed by atoms with Crippen molar-refractivity contribution in [2.24, 2.45) is 0 Å². The van der Waals surface area contributed by atoms with Crippen LogP contribution in [0.25, 0.3) is 55.0 Å². The molecule has 0 saturated heterocycles. The van der Waals surface area contributed by atoms with Gasteiger partial charge in [0.25, 0.3) is 0 Å². The van der Waals surface area contributed by atoms with E-state index in [4.69, 9.17) is 11.6 Å². The molecule has 0 N–H and O–H groups in total. The van der Waals surface area contributed by atoms with Gasteiger partial charge < -0.3 is 0 Å². The molecule has 6 aromatic carbocycles. The molecule has 0 aliphatic heterocycles. The SMILES string of the molecule is C=C1C=C(c2cccc3cc(CC)ccc23)C=C(c2cc3ccccc3cn2)c2ccc3c(c21)CC=CC=C3c1ccc(-c2ccccc2)cc1. The molecule has 0 bridgehead atoms. The van der Waals surface area contributed by atoms with Crippen LogP contribution in [-0.4, -0.2) is 4.98 Å². The van der Waals surface area contributed by atoms with E-state index >= 15 is 0 Å². The quantitative estimate of drug-likeness (QED) is 0.180. The fraction of sp³-hybridized carbons (Fsp3) is 0.0600. The van der Waals surface area contributed by atoms with Crippen molar-refractivity contribution in [3.8, 4) is 11.1 Å². The Morgan fingerprint density at radius 1 is 0.608 bits per heavy atom. The maximum absolute atomic E-state index is 5.09. The molecule has 2 aliphatic carbocycles. The lowest BCUT2D eigenvalue weighted by atomic mass is 9.83. The highest BCUT2D eigenvalue weighted by Gasteiger charge is 2.25. The van der Waals surface area contributed by atoms with Crippen LogP contribution >= 0.6 is 0 Å². The zero-order chi connectivity index (χ0) is 34.3. The minimum Gasteiger partial charge on any atom is -0.256 e. The number of fused-ring (bicyclic) bond motifs is 5. The highest BCUT2D eigenvalue weighted by Crippen LogP contribution is 2.44. The number of aromatic nitrogens is 1. The zero-order valence-electron chi connectivity index (χ0n) is 28.7. The van der Waals surface area contributed by atoms with E-state index in [9.17, 15) is 0 Å². The third-order valence-corrected chi connectivity index (χ3v) is 10.4. The number of pyridine rings is 1. The number of nitrogens with zero attached hydrogens (tertiary/aromatic N) is 1. The second kappa shape index (κ2) is 12.9. The van der Waals surface area contributed by atoms with Crippen LogP contribution in [0.15, 0.2) is 177 Å². The summed E-state index contributed by atoms with van der Waals surface area (Å²) < 4.78 is 0. The molecule has 242 valence electrons. The number of allylic oxidation sites excluding steroid dienone is 7. The number of rotatable bonds is 5. The minimum atomic E-state index is 0.815. The summed E-state index contributed by atoms with van der Waals surface area (Å²) >= 11 is 0. The molecular formula is C50H37N. The normalized spacial score (nSPS) is 13.9. The molecule has 0 spiro atoms. The largest absolute Gasteiger partial charge is 0.256 e. The predicted octanol–water partition coefficient (Wildman–Crippen LogP) is 12.7. The van der Waals surface area contributed by atoms with Crippen molar-refractivity contribution in [1.82, 2.24) is 4.98 Å². The molecule has 0 atom stereocenters. The van der Waals surface area contributed by atoms with Gasteiger partial charge in [-0.25, -0.2) is 0 Å². The second-order valence-electron chi connectivity index (χ2n) is 13.5. The Morgan fingerprint density at radius 2 is 1.35 bits per heavy atom. The summed E-state index contributed by atoms with van der Waals surface area (Å²) in [5, 5.41) is 4.81. The standard InChI is InChI=1S/C50H37N/c1-3-34-20-25-44-39(29-34)16-11-19-43(44)41-28-33(2)50-46-18-10-9-17-42(37-23-21-36(22-24-37)35-12-5-4-6-13-35)45(46)26-27-47(50)48(30-41)49-31-38-14-7-8-15-40(38)32-51-49/h4-17,19-32H,2-3,18H2,1H3. The first kappa shape index (κ1) is 30.7. The van der Waals surface area contributed by atoms with Gasteiger partial charge in [0.2, 0.25) is 0 Å². The number of aryl methyl sites for hydroxylation is 1. The van der Waals surface area contributed by atoms with Gasteiger partial charge >= 0.3 is 0 Å². The van der Waals surface area contributed by atoms with Crippen LogP contribution in [0.3, 0.4) is 0 Å². The molecule has 7 aromatic rings. The zero-order valence-corrected chi connectivity index (χ0v) is 28.7. The van der Waals surface area contributed by atoms with Crippen molar-refractivity contribution in [3.05, 3.63) is 221 Å². The van der Waals surface area contributed by atoms with Crippen LogP contribution in [0.4, 0.5) is 0 Å². The Labute approximate surface area is 300 Å². The Hall–Kier alpha value is -6.31. The molecule has 0 amide bonds. The maximum Gasteiger partial charge on any atom is 0.0714 e. The maximum atomic E-state index is 5.09. The molecular weight excluding hydrogens is 615 g/mol. The number of hydrogen-bond acceptors (Lipinski definition) is 1. The average molecular weight is 652 g/mol. The van der Waals surface area contributed by atoms with E-state index in [0.29, 0.717) is 0 Å². The molecule has 9 rings (SSSR count). The van der Waals surface area contributed by atoms with Crippen molar-refractivity contribution < 1.29 is 0 Å². The Balaban J connectivity index is 1.23. The average Bonchev–Trinajstić information content (AvgIpc) is 3.50. The van der Waals surface area contributed by atoms with E-state index in [0.717, 1.165) is 46.2 Å². The smallest absolute Gasteiger partial charge is 0.0714 e. The Kier molecular flexibility index (Phi) is 7.75. The van der Waals surface area contributed by atoms with E-state index in [2.05, 4.69) is 171 Å². The van der Waals surface area contributed by atoms with Crippen molar-refractivity contribution in [3.63, 3.8) is 0 Å². The van der Waals surface area contributed by atoms with Gasteiger partial charge in [0.05, 0.1) is 5.69 Å². The third-order valence-electron chi connectivity index (χ3n) is 10.4. The summed E-state index contributed by atoms with van der Waals surface area (Å²) in [6.07, 6.45) is 15.2. The highest BCUT2D eigenvalue weighted by molar-refractivity contribution is 6.07. The first-order valence-corrected chi connectivity index (χ1v) is 17.8. The van der Waals surface area contributed by atoms with Gasteiger partial charge in [-0.15, -0.1) is 0 Å². The van der Waals surface area contributed by atoms with Crippen molar-refractivity contribution in [2.45, 2.75) is 19.8 Å². The van der Waals surface area contributed by atoms with Crippen molar-refractivity contribution in [2.75, 3.05) is 0 Å². The molecule has 1 aromatic heterocycles. The molecule has 2 aliphatic rings. The first-order chi connectivity index (χ1) is 25.1. The number of hydrogen-bond donors (Lipinski definition) is 0. The van der Waals surface area contributed by atoms with Gasteiger partial charge in [0.15, 0.2) is 0 Å². The van der Waals surface area contributed by atoms with Gasteiger partial charge in [-0.05, 0) is 114 Å². The van der Waals surface area contributed by atoms with Crippen LogP contribution in [0.2, 0.25) is 0 Å². The van der Waals surface area contributed by atoms with Crippen LogP contribution in [0.1, 0.15) is 51.6 Å². The van der Waals surface area contributed by atoms with Gasteiger partial charge in [-0.3, -0.25) is 4.98 Å². The van der Waals surface area contributed by atoms with E-state index < -0.39 is 0 Å². The van der Waals surface area contributed by atoms with E-state index in [1.54, 1.807) is 0 Å². The molecule has 1 heterocycles. The van der Waals surface area contributed by atoms with Crippen LogP contribution in [0, 0.1) is 0 Å². The molecule has 0 unspecified atom stereocenters. The van der Waals surface area contributed by atoms with Gasteiger partial charge in [0, 0.05) is 17.2 Å². The van der Waals surface area contributed by atoms with Crippen molar-refractivity contribution >= 4 is 43.8 Å². The van der Waals surface area contributed by atoms with E-state index in [1.807, 2.05) is 6.20 Å². The molecule has 0 saturated carbocycles. The van der Waals surface area contributed by atoms with Crippen LogP contribution < -0.4 is 0 Å². The Morgan fingerprint density at radius 3 is 2.20 bits per heavy atom. The Bertz CT molecular complexity index is 2630.